The second-order valence-electron chi connectivity index (χ2n) is 5.58. The van der Waals surface area contributed by atoms with Crippen LogP contribution in [0.15, 0.2) is 0 Å². The van der Waals surface area contributed by atoms with Gasteiger partial charge in [0.15, 0.2) is 0 Å². The van der Waals surface area contributed by atoms with Crippen molar-refractivity contribution in [1.29, 1.82) is 0 Å². The molecule has 0 heterocycles. The summed E-state index contributed by atoms with van der Waals surface area (Å²) in [6.07, 6.45) is 8.30. The van der Waals surface area contributed by atoms with E-state index in [0.717, 1.165) is 0 Å². The Morgan fingerprint density at radius 1 is 1.24 bits per heavy atom. The number of hydrogen-bond acceptors (Lipinski definition) is 2. The standard InChI is InChI=1S/C14H27NO2/c1-11(10-16)12(2)15-14(17)9-13-7-5-3-4-6-8-13/h11-13,16H,3-10H2,1-2H3,(H,15,17). The molecule has 1 rings (SSSR count). The summed E-state index contributed by atoms with van der Waals surface area (Å²) in [7, 11) is 0. The Kier molecular flexibility index (Phi) is 6.56. The Bertz CT molecular complexity index is 222. The zero-order chi connectivity index (χ0) is 12.7. The summed E-state index contributed by atoms with van der Waals surface area (Å²) in [5.41, 5.74) is 0. The number of amides is 1. The molecule has 0 radical (unpaired) electrons. The summed E-state index contributed by atoms with van der Waals surface area (Å²) < 4.78 is 0. The van der Waals surface area contributed by atoms with Crippen molar-refractivity contribution in [1.82, 2.24) is 5.32 Å². The lowest BCUT2D eigenvalue weighted by atomic mass is 9.95. The molecule has 0 spiro atoms. The van der Waals surface area contributed by atoms with Crippen molar-refractivity contribution in [3.05, 3.63) is 0 Å². The largest absolute Gasteiger partial charge is 0.396 e. The minimum absolute atomic E-state index is 0.0679. The third-order valence-electron chi connectivity index (χ3n) is 3.98. The Hall–Kier alpha value is -0.570. The van der Waals surface area contributed by atoms with Gasteiger partial charge in [-0.3, -0.25) is 4.79 Å². The zero-order valence-corrected chi connectivity index (χ0v) is 11.2. The van der Waals surface area contributed by atoms with E-state index in [9.17, 15) is 4.79 Å². The second kappa shape index (κ2) is 7.70. The average Bonchev–Trinajstić information content (AvgIpc) is 2.56. The van der Waals surface area contributed by atoms with E-state index < -0.39 is 0 Å². The first kappa shape index (κ1) is 14.5. The van der Waals surface area contributed by atoms with Crippen LogP contribution in [-0.4, -0.2) is 23.7 Å². The van der Waals surface area contributed by atoms with Crippen molar-refractivity contribution in [2.45, 2.75) is 64.8 Å². The van der Waals surface area contributed by atoms with Gasteiger partial charge in [-0.1, -0.05) is 32.6 Å². The van der Waals surface area contributed by atoms with Gasteiger partial charge in [0.05, 0.1) is 0 Å². The van der Waals surface area contributed by atoms with Crippen molar-refractivity contribution < 1.29 is 9.90 Å². The van der Waals surface area contributed by atoms with Gasteiger partial charge in [0.2, 0.25) is 5.91 Å². The molecule has 1 fully saturated rings. The van der Waals surface area contributed by atoms with Gasteiger partial charge in [-0.25, -0.2) is 0 Å². The van der Waals surface area contributed by atoms with Gasteiger partial charge in [-0.05, 0) is 31.6 Å². The molecule has 1 aliphatic rings. The van der Waals surface area contributed by atoms with Gasteiger partial charge >= 0.3 is 0 Å². The minimum atomic E-state index is 0.0679. The maximum absolute atomic E-state index is 11.9. The lowest BCUT2D eigenvalue weighted by molar-refractivity contribution is -0.123. The van der Waals surface area contributed by atoms with Crippen LogP contribution in [0.1, 0.15) is 58.8 Å². The topological polar surface area (TPSA) is 49.3 Å². The lowest BCUT2D eigenvalue weighted by Gasteiger charge is -2.21. The van der Waals surface area contributed by atoms with Crippen LogP contribution in [0, 0.1) is 11.8 Å². The second-order valence-corrected chi connectivity index (χ2v) is 5.58. The molecule has 0 bridgehead atoms. The number of carbonyl (C=O) groups is 1. The summed E-state index contributed by atoms with van der Waals surface area (Å²) in [5.74, 6) is 0.868. The number of aliphatic hydroxyl groups excluding tert-OH is 1. The number of aliphatic hydroxyl groups is 1. The third-order valence-corrected chi connectivity index (χ3v) is 3.98. The van der Waals surface area contributed by atoms with Gasteiger partial charge in [0, 0.05) is 19.1 Å². The molecule has 2 atom stereocenters. The fourth-order valence-corrected chi connectivity index (χ4v) is 2.44. The fourth-order valence-electron chi connectivity index (χ4n) is 2.44. The maximum atomic E-state index is 11.9. The summed E-state index contributed by atoms with van der Waals surface area (Å²) in [6, 6.07) is 0.0679. The van der Waals surface area contributed by atoms with Gasteiger partial charge < -0.3 is 10.4 Å². The Labute approximate surface area is 105 Å². The number of carbonyl (C=O) groups excluding carboxylic acids is 1. The van der Waals surface area contributed by atoms with Gasteiger partial charge in [0.1, 0.15) is 0 Å². The van der Waals surface area contributed by atoms with E-state index in [0.29, 0.717) is 12.3 Å². The van der Waals surface area contributed by atoms with Crippen LogP contribution >= 0.6 is 0 Å². The molecule has 0 aromatic carbocycles. The highest BCUT2D eigenvalue weighted by Crippen LogP contribution is 2.25. The van der Waals surface area contributed by atoms with Crippen molar-refractivity contribution in [2.75, 3.05) is 6.61 Å². The highest BCUT2D eigenvalue weighted by atomic mass is 16.3. The molecule has 2 unspecified atom stereocenters. The minimum Gasteiger partial charge on any atom is -0.396 e. The van der Waals surface area contributed by atoms with Crippen LogP contribution < -0.4 is 5.32 Å². The molecule has 1 amide bonds. The molecular formula is C14H27NO2. The first-order valence-electron chi connectivity index (χ1n) is 7.03. The van der Waals surface area contributed by atoms with E-state index in [1.807, 2.05) is 13.8 Å². The lowest BCUT2D eigenvalue weighted by Crippen LogP contribution is -2.39. The summed E-state index contributed by atoms with van der Waals surface area (Å²) in [4.78, 5) is 11.9. The van der Waals surface area contributed by atoms with Gasteiger partial charge in [0.25, 0.3) is 0 Å². The predicted molar refractivity (Wildman–Crippen MR) is 69.7 cm³/mol. The number of rotatable bonds is 5. The Balaban J connectivity index is 2.27. The summed E-state index contributed by atoms with van der Waals surface area (Å²) in [6.45, 7) is 4.05. The van der Waals surface area contributed by atoms with E-state index in [1.165, 1.54) is 38.5 Å². The van der Waals surface area contributed by atoms with Gasteiger partial charge in [-0.2, -0.15) is 0 Å². The van der Waals surface area contributed by atoms with E-state index in [-0.39, 0.29) is 24.5 Å². The quantitative estimate of drug-likeness (QED) is 0.726. The average molecular weight is 241 g/mol. The smallest absolute Gasteiger partial charge is 0.220 e. The SMILES string of the molecule is CC(CO)C(C)NC(=O)CC1CCCCCC1. The Morgan fingerprint density at radius 3 is 2.35 bits per heavy atom. The molecule has 3 nitrogen and oxygen atoms in total. The van der Waals surface area contributed by atoms with Crippen LogP contribution in [0.2, 0.25) is 0 Å². The van der Waals surface area contributed by atoms with Crippen molar-refractivity contribution in [3.8, 4) is 0 Å². The van der Waals surface area contributed by atoms with E-state index >= 15 is 0 Å². The van der Waals surface area contributed by atoms with Crippen molar-refractivity contribution >= 4 is 5.91 Å². The van der Waals surface area contributed by atoms with Crippen molar-refractivity contribution in [3.63, 3.8) is 0 Å². The monoisotopic (exact) mass is 241 g/mol. The molecule has 2 N–H and O–H groups in total. The first-order chi connectivity index (χ1) is 8.13. The molecule has 0 saturated heterocycles. The fraction of sp³-hybridized carbons (Fsp3) is 0.929. The highest BCUT2D eigenvalue weighted by Gasteiger charge is 2.18. The van der Waals surface area contributed by atoms with Crippen LogP contribution in [0.4, 0.5) is 0 Å². The van der Waals surface area contributed by atoms with E-state index in [1.54, 1.807) is 0 Å². The molecule has 0 aromatic rings. The molecule has 17 heavy (non-hydrogen) atoms. The van der Waals surface area contributed by atoms with Crippen LogP contribution in [-0.2, 0) is 4.79 Å². The molecule has 100 valence electrons. The normalized spacial score (nSPS) is 21.6. The van der Waals surface area contributed by atoms with Gasteiger partial charge in [-0.15, -0.1) is 0 Å². The summed E-state index contributed by atoms with van der Waals surface area (Å²) in [5, 5.41) is 12.0. The van der Waals surface area contributed by atoms with Crippen LogP contribution in [0.25, 0.3) is 0 Å². The Morgan fingerprint density at radius 2 is 1.82 bits per heavy atom. The highest BCUT2D eigenvalue weighted by molar-refractivity contribution is 5.76. The third kappa shape index (κ3) is 5.53. The zero-order valence-electron chi connectivity index (χ0n) is 11.2. The maximum Gasteiger partial charge on any atom is 0.220 e. The van der Waals surface area contributed by atoms with Crippen molar-refractivity contribution in [2.24, 2.45) is 11.8 Å². The van der Waals surface area contributed by atoms with Crippen LogP contribution in [0.5, 0.6) is 0 Å². The van der Waals surface area contributed by atoms with E-state index in [4.69, 9.17) is 5.11 Å². The number of nitrogens with one attached hydrogen (secondary N) is 1. The summed E-state index contributed by atoms with van der Waals surface area (Å²) >= 11 is 0. The predicted octanol–water partition coefficient (Wildman–Crippen LogP) is 2.48. The molecule has 1 saturated carbocycles. The molecule has 0 aliphatic heterocycles. The first-order valence-corrected chi connectivity index (χ1v) is 7.03. The molecular weight excluding hydrogens is 214 g/mol. The molecule has 0 aromatic heterocycles. The molecule has 1 aliphatic carbocycles. The number of hydrogen-bond donors (Lipinski definition) is 2. The molecule has 3 heteroatoms. The van der Waals surface area contributed by atoms with E-state index in [2.05, 4.69) is 5.32 Å². The van der Waals surface area contributed by atoms with Crippen LogP contribution in [0.3, 0.4) is 0 Å².